The van der Waals surface area contributed by atoms with Gasteiger partial charge in [0.2, 0.25) is 0 Å². The maximum atomic E-state index is 11.3. The lowest BCUT2D eigenvalue weighted by molar-refractivity contribution is 0.0693. The van der Waals surface area contributed by atoms with Gasteiger partial charge in [-0.1, -0.05) is 6.07 Å². The zero-order valence-electron chi connectivity index (χ0n) is 13.0. The fraction of sp³-hybridized carbons (Fsp3) is 0.294. The normalized spacial score (nSPS) is 12.0. The van der Waals surface area contributed by atoms with Crippen LogP contribution in [0, 0.1) is 6.92 Å². The van der Waals surface area contributed by atoms with E-state index in [1.165, 1.54) is 7.11 Å². The van der Waals surface area contributed by atoms with Crippen molar-refractivity contribution in [3.63, 3.8) is 0 Å². The van der Waals surface area contributed by atoms with Crippen molar-refractivity contribution in [3.8, 4) is 5.75 Å². The standard InChI is InChI=1S/C17H20N2O3/c1-11-8-13(6-7-18-11)10-19-12(2)14-4-5-16(22-3)15(9-14)17(20)21/h4-9,12,19H,10H2,1-3H3,(H,20,21)/t12-/m0/s1. The quantitative estimate of drug-likeness (QED) is 0.858. The fourth-order valence-corrected chi connectivity index (χ4v) is 2.27. The molecule has 0 aliphatic rings. The van der Waals surface area contributed by atoms with Gasteiger partial charge in [-0.05, 0) is 49.2 Å². The minimum atomic E-state index is -0.990. The van der Waals surface area contributed by atoms with Crippen LogP contribution in [0.2, 0.25) is 0 Å². The van der Waals surface area contributed by atoms with Gasteiger partial charge >= 0.3 is 5.97 Å². The van der Waals surface area contributed by atoms with E-state index in [-0.39, 0.29) is 11.6 Å². The van der Waals surface area contributed by atoms with Crippen molar-refractivity contribution >= 4 is 5.97 Å². The Morgan fingerprint density at radius 3 is 2.77 bits per heavy atom. The van der Waals surface area contributed by atoms with Crippen LogP contribution < -0.4 is 10.1 Å². The van der Waals surface area contributed by atoms with Crippen molar-refractivity contribution in [2.75, 3.05) is 7.11 Å². The molecule has 5 nitrogen and oxygen atoms in total. The molecule has 1 heterocycles. The summed E-state index contributed by atoms with van der Waals surface area (Å²) in [5.41, 5.74) is 3.20. The highest BCUT2D eigenvalue weighted by atomic mass is 16.5. The third kappa shape index (κ3) is 3.83. The second-order valence-corrected chi connectivity index (χ2v) is 5.17. The van der Waals surface area contributed by atoms with E-state index in [4.69, 9.17) is 4.74 Å². The summed E-state index contributed by atoms with van der Waals surface area (Å²) in [6.07, 6.45) is 1.78. The van der Waals surface area contributed by atoms with E-state index in [0.717, 1.165) is 16.8 Å². The number of methoxy groups -OCH3 is 1. The highest BCUT2D eigenvalue weighted by molar-refractivity contribution is 5.91. The third-order valence-corrected chi connectivity index (χ3v) is 3.53. The predicted molar refractivity (Wildman–Crippen MR) is 84.2 cm³/mol. The molecule has 0 fully saturated rings. The van der Waals surface area contributed by atoms with Crippen LogP contribution in [0.4, 0.5) is 0 Å². The summed E-state index contributed by atoms with van der Waals surface area (Å²) in [5.74, 6) is -0.621. The van der Waals surface area contributed by atoms with Crippen molar-refractivity contribution in [1.29, 1.82) is 0 Å². The van der Waals surface area contributed by atoms with Gasteiger partial charge in [0, 0.05) is 24.5 Å². The number of benzene rings is 1. The molecule has 0 radical (unpaired) electrons. The average molecular weight is 300 g/mol. The molecule has 0 amide bonds. The van der Waals surface area contributed by atoms with Crippen LogP contribution in [0.5, 0.6) is 5.75 Å². The van der Waals surface area contributed by atoms with Crippen LogP contribution in [-0.4, -0.2) is 23.2 Å². The highest BCUT2D eigenvalue weighted by Gasteiger charge is 2.14. The van der Waals surface area contributed by atoms with E-state index in [9.17, 15) is 9.90 Å². The third-order valence-electron chi connectivity index (χ3n) is 3.53. The van der Waals surface area contributed by atoms with Crippen LogP contribution in [0.1, 0.15) is 40.1 Å². The first-order valence-corrected chi connectivity index (χ1v) is 7.07. The Hall–Kier alpha value is -2.40. The van der Waals surface area contributed by atoms with E-state index >= 15 is 0 Å². The van der Waals surface area contributed by atoms with Crippen LogP contribution in [-0.2, 0) is 6.54 Å². The van der Waals surface area contributed by atoms with Gasteiger partial charge < -0.3 is 15.2 Å². The van der Waals surface area contributed by atoms with Crippen LogP contribution in [0.25, 0.3) is 0 Å². The maximum absolute atomic E-state index is 11.3. The van der Waals surface area contributed by atoms with Gasteiger partial charge in [0.1, 0.15) is 11.3 Å². The summed E-state index contributed by atoms with van der Waals surface area (Å²) in [5, 5.41) is 12.6. The first-order chi connectivity index (χ1) is 10.5. The van der Waals surface area contributed by atoms with Gasteiger partial charge in [-0.2, -0.15) is 0 Å². The van der Waals surface area contributed by atoms with Gasteiger partial charge in [-0.15, -0.1) is 0 Å². The number of hydrogen-bond donors (Lipinski definition) is 2. The van der Waals surface area contributed by atoms with Gasteiger partial charge in [0.15, 0.2) is 0 Å². The van der Waals surface area contributed by atoms with Crippen molar-refractivity contribution in [3.05, 3.63) is 58.9 Å². The number of hydrogen-bond acceptors (Lipinski definition) is 4. The predicted octanol–water partition coefficient (Wildman–Crippen LogP) is 2.95. The summed E-state index contributed by atoms with van der Waals surface area (Å²) >= 11 is 0. The number of carbonyl (C=O) groups is 1. The summed E-state index contributed by atoms with van der Waals surface area (Å²) in [6, 6.07) is 9.22. The number of aromatic nitrogens is 1. The van der Waals surface area contributed by atoms with Crippen molar-refractivity contribution < 1.29 is 14.6 Å². The zero-order chi connectivity index (χ0) is 16.1. The molecular weight excluding hydrogens is 280 g/mol. The Kier molecular flexibility index (Phi) is 5.12. The second-order valence-electron chi connectivity index (χ2n) is 5.17. The van der Waals surface area contributed by atoms with E-state index in [0.29, 0.717) is 12.3 Å². The van der Waals surface area contributed by atoms with Gasteiger partial charge in [-0.3, -0.25) is 4.98 Å². The fourth-order valence-electron chi connectivity index (χ4n) is 2.27. The number of aromatic carboxylic acids is 1. The summed E-state index contributed by atoms with van der Waals surface area (Å²) in [7, 11) is 1.47. The number of carboxylic acid groups (broad SMARTS) is 1. The van der Waals surface area contributed by atoms with Crippen molar-refractivity contribution in [1.82, 2.24) is 10.3 Å². The number of aryl methyl sites for hydroxylation is 1. The minimum Gasteiger partial charge on any atom is -0.496 e. The first-order valence-electron chi connectivity index (χ1n) is 7.07. The topological polar surface area (TPSA) is 71.5 Å². The molecule has 0 spiro atoms. The average Bonchev–Trinajstić information content (AvgIpc) is 2.52. The SMILES string of the molecule is COc1ccc([C@H](C)NCc2ccnc(C)c2)cc1C(=O)O. The molecule has 0 aliphatic heterocycles. The Balaban J connectivity index is 2.10. The van der Waals surface area contributed by atoms with Gasteiger partial charge in [0.05, 0.1) is 7.11 Å². The van der Waals surface area contributed by atoms with Gasteiger partial charge in [-0.25, -0.2) is 4.79 Å². The summed E-state index contributed by atoms with van der Waals surface area (Å²) in [6.45, 7) is 4.65. The van der Waals surface area contributed by atoms with Crippen molar-refractivity contribution in [2.24, 2.45) is 0 Å². The number of nitrogens with zero attached hydrogens (tertiary/aromatic N) is 1. The van der Waals surface area contributed by atoms with E-state index in [1.807, 2.05) is 32.0 Å². The van der Waals surface area contributed by atoms with Crippen LogP contribution in [0.3, 0.4) is 0 Å². The van der Waals surface area contributed by atoms with Crippen LogP contribution >= 0.6 is 0 Å². The lowest BCUT2D eigenvalue weighted by Crippen LogP contribution is -2.18. The Morgan fingerprint density at radius 2 is 2.14 bits per heavy atom. The number of ether oxygens (including phenoxy) is 1. The monoisotopic (exact) mass is 300 g/mol. The molecule has 2 rings (SSSR count). The molecule has 0 bridgehead atoms. The van der Waals surface area contributed by atoms with Crippen molar-refractivity contribution in [2.45, 2.75) is 26.4 Å². The number of pyridine rings is 1. The highest BCUT2D eigenvalue weighted by Crippen LogP contribution is 2.23. The molecule has 1 atom stereocenters. The molecule has 22 heavy (non-hydrogen) atoms. The van der Waals surface area contributed by atoms with Crippen LogP contribution in [0.15, 0.2) is 36.5 Å². The number of rotatable bonds is 6. The smallest absolute Gasteiger partial charge is 0.339 e. The molecule has 1 aromatic heterocycles. The lowest BCUT2D eigenvalue weighted by Gasteiger charge is -2.16. The molecule has 0 saturated heterocycles. The molecule has 1 aromatic carbocycles. The molecule has 0 saturated carbocycles. The molecule has 0 aliphatic carbocycles. The first kappa shape index (κ1) is 16.0. The molecule has 5 heteroatoms. The summed E-state index contributed by atoms with van der Waals surface area (Å²) < 4.78 is 5.08. The molecule has 116 valence electrons. The molecule has 2 N–H and O–H groups in total. The molecule has 2 aromatic rings. The summed E-state index contributed by atoms with van der Waals surface area (Å²) in [4.78, 5) is 15.4. The Labute approximate surface area is 130 Å². The molecule has 0 unspecified atom stereocenters. The molecular formula is C17H20N2O3. The number of carboxylic acids is 1. The Bertz CT molecular complexity index is 671. The van der Waals surface area contributed by atoms with E-state index < -0.39 is 5.97 Å². The minimum absolute atomic E-state index is 0.0254. The largest absolute Gasteiger partial charge is 0.496 e. The second kappa shape index (κ2) is 7.04. The van der Waals surface area contributed by atoms with Gasteiger partial charge in [0.25, 0.3) is 0 Å². The Morgan fingerprint density at radius 1 is 1.36 bits per heavy atom. The van der Waals surface area contributed by atoms with E-state index in [2.05, 4.69) is 10.3 Å². The lowest BCUT2D eigenvalue weighted by atomic mass is 10.0. The maximum Gasteiger partial charge on any atom is 0.339 e. The zero-order valence-corrected chi connectivity index (χ0v) is 13.0. The number of nitrogens with one attached hydrogen (secondary N) is 1. The van der Waals surface area contributed by atoms with E-state index in [1.54, 1.807) is 18.3 Å².